The van der Waals surface area contributed by atoms with Crippen LogP contribution >= 0.6 is 11.6 Å². The van der Waals surface area contributed by atoms with E-state index in [0.29, 0.717) is 31.3 Å². The number of nitrogens with zero attached hydrogens (tertiary/aromatic N) is 4. The second-order valence-corrected chi connectivity index (χ2v) is 7.01. The molecule has 0 radical (unpaired) electrons. The molecular weight excluding hydrogens is 288 g/mol. The van der Waals surface area contributed by atoms with Crippen LogP contribution in [0.15, 0.2) is 0 Å². The quantitative estimate of drug-likeness (QED) is 0.838. The number of hydrogen-bond donors (Lipinski definition) is 0. The molecule has 6 nitrogen and oxygen atoms in total. The molecule has 0 spiro atoms. The molecule has 1 aromatic rings. The van der Waals surface area contributed by atoms with E-state index in [1.165, 1.54) is 8.61 Å². The maximum atomic E-state index is 12.3. The van der Waals surface area contributed by atoms with Gasteiger partial charge in [-0.05, 0) is 13.3 Å². The third-order valence-electron chi connectivity index (χ3n) is 3.33. The summed E-state index contributed by atoms with van der Waals surface area (Å²) in [6.45, 7) is 5.73. The summed E-state index contributed by atoms with van der Waals surface area (Å²) in [7, 11) is -1.59. The lowest BCUT2D eigenvalue weighted by molar-refractivity contribution is 0.438. The number of halogens is 1. The van der Waals surface area contributed by atoms with Gasteiger partial charge in [-0.15, -0.1) is 0 Å². The molecule has 1 aliphatic heterocycles. The molecule has 1 saturated heterocycles. The van der Waals surface area contributed by atoms with Crippen LogP contribution in [-0.2, 0) is 23.8 Å². The van der Waals surface area contributed by atoms with Gasteiger partial charge >= 0.3 is 0 Å². The van der Waals surface area contributed by atoms with Crippen molar-refractivity contribution in [3.63, 3.8) is 0 Å². The third kappa shape index (κ3) is 2.65. The van der Waals surface area contributed by atoms with Crippen molar-refractivity contribution in [1.29, 1.82) is 0 Å². The van der Waals surface area contributed by atoms with E-state index in [0.717, 1.165) is 17.7 Å². The van der Waals surface area contributed by atoms with Crippen molar-refractivity contribution < 1.29 is 8.42 Å². The largest absolute Gasteiger partial charge is 0.282 e. The standard InChI is InChI=1S/C11H19ClN4O2S/c1-4-5-15-6-7-16(19(15,17)18)8-10-9(2)13-14(3)11(10)12/h4-8H2,1-3H3. The van der Waals surface area contributed by atoms with Crippen LogP contribution < -0.4 is 0 Å². The minimum absolute atomic E-state index is 0.293. The fraction of sp³-hybridized carbons (Fsp3) is 0.727. The lowest BCUT2D eigenvalue weighted by Gasteiger charge is -2.18. The lowest BCUT2D eigenvalue weighted by atomic mass is 10.2. The molecule has 19 heavy (non-hydrogen) atoms. The highest BCUT2D eigenvalue weighted by atomic mass is 35.5. The summed E-state index contributed by atoms with van der Waals surface area (Å²) >= 11 is 6.15. The highest BCUT2D eigenvalue weighted by molar-refractivity contribution is 7.87. The third-order valence-corrected chi connectivity index (χ3v) is 5.78. The maximum absolute atomic E-state index is 12.3. The van der Waals surface area contributed by atoms with E-state index in [9.17, 15) is 8.42 Å². The molecule has 0 aromatic carbocycles. The monoisotopic (exact) mass is 306 g/mol. The van der Waals surface area contributed by atoms with Gasteiger partial charge in [0, 0.05) is 38.8 Å². The van der Waals surface area contributed by atoms with Gasteiger partial charge in [0.1, 0.15) is 5.15 Å². The Morgan fingerprint density at radius 1 is 1.32 bits per heavy atom. The molecule has 0 atom stereocenters. The lowest BCUT2D eigenvalue weighted by Crippen LogP contribution is -2.33. The van der Waals surface area contributed by atoms with E-state index in [4.69, 9.17) is 11.6 Å². The smallest absolute Gasteiger partial charge is 0.256 e. The highest BCUT2D eigenvalue weighted by Crippen LogP contribution is 2.25. The van der Waals surface area contributed by atoms with Gasteiger partial charge in [0.2, 0.25) is 0 Å². The van der Waals surface area contributed by atoms with Crippen molar-refractivity contribution in [2.75, 3.05) is 19.6 Å². The van der Waals surface area contributed by atoms with Gasteiger partial charge in [-0.25, -0.2) is 0 Å². The summed E-state index contributed by atoms with van der Waals surface area (Å²) < 4.78 is 29.2. The molecule has 8 heteroatoms. The first-order valence-corrected chi connectivity index (χ1v) is 8.08. The maximum Gasteiger partial charge on any atom is 0.282 e. The summed E-state index contributed by atoms with van der Waals surface area (Å²) in [5.41, 5.74) is 1.56. The Hall–Kier alpha value is -0.630. The SMILES string of the molecule is CCCN1CCN(Cc2c(C)nn(C)c2Cl)S1(=O)=O. The van der Waals surface area contributed by atoms with Gasteiger partial charge in [-0.1, -0.05) is 18.5 Å². The van der Waals surface area contributed by atoms with Gasteiger partial charge in [-0.2, -0.15) is 22.1 Å². The Labute approximate surface area is 119 Å². The van der Waals surface area contributed by atoms with Gasteiger partial charge in [0.15, 0.2) is 0 Å². The first-order valence-electron chi connectivity index (χ1n) is 6.31. The zero-order valence-corrected chi connectivity index (χ0v) is 13.0. The molecule has 0 unspecified atom stereocenters. The molecule has 108 valence electrons. The van der Waals surface area contributed by atoms with Crippen LogP contribution in [0.5, 0.6) is 0 Å². The van der Waals surface area contributed by atoms with Gasteiger partial charge < -0.3 is 0 Å². The van der Waals surface area contributed by atoms with Crippen molar-refractivity contribution in [2.45, 2.75) is 26.8 Å². The van der Waals surface area contributed by atoms with Crippen LogP contribution in [0, 0.1) is 6.92 Å². The van der Waals surface area contributed by atoms with Crippen LogP contribution in [0.4, 0.5) is 0 Å². The van der Waals surface area contributed by atoms with E-state index in [2.05, 4.69) is 5.10 Å². The first kappa shape index (κ1) is 14.8. The Morgan fingerprint density at radius 3 is 2.47 bits per heavy atom. The first-order chi connectivity index (χ1) is 8.87. The summed E-state index contributed by atoms with van der Waals surface area (Å²) in [4.78, 5) is 0. The van der Waals surface area contributed by atoms with Crippen LogP contribution in [0.3, 0.4) is 0 Å². The zero-order valence-electron chi connectivity index (χ0n) is 11.4. The van der Waals surface area contributed by atoms with Crippen molar-refractivity contribution in [3.8, 4) is 0 Å². The summed E-state index contributed by atoms with van der Waals surface area (Å²) in [6, 6.07) is 0. The fourth-order valence-electron chi connectivity index (χ4n) is 2.28. The van der Waals surface area contributed by atoms with E-state index in [1.807, 2.05) is 13.8 Å². The van der Waals surface area contributed by atoms with Crippen LogP contribution in [0.25, 0.3) is 0 Å². The molecule has 0 bridgehead atoms. The molecule has 1 fully saturated rings. The number of hydrogen-bond acceptors (Lipinski definition) is 3. The second kappa shape index (κ2) is 5.40. The van der Waals surface area contributed by atoms with Crippen molar-refractivity contribution in [3.05, 3.63) is 16.4 Å². The average molecular weight is 307 g/mol. The van der Waals surface area contributed by atoms with Gasteiger partial charge in [-0.3, -0.25) is 4.68 Å². The van der Waals surface area contributed by atoms with Crippen molar-refractivity contribution in [2.24, 2.45) is 7.05 Å². The topological polar surface area (TPSA) is 58.4 Å². The zero-order chi connectivity index (χ0) is 14.2. The second-order valence-electron chi connectivity index (χ2n) is 4.72. The van der Waals surface area contributed by atoms with Crippen LogP contribution in [-0.4, -0.2) is 46.4 Å². The fourth-order valence-corrected chi connectivity index (χ4v) is 4.18. The molecule has 0 amide bonds. The van der Waals surface area contributed by atoms with Crippen LogP contribution in [0.1, 0.15) is 24.6 Å². The number of aryl methyl sites for hydroxylation is 2. The van der Waals surface area contributed by atoms with Crippen molar-refractivity contribution >= 4 is 21.8 Å². The Balaban J connectivity index is 2.21. The Morgan fingerprint density at radius 2 is 1.95 bits per heavy atom. The summed E-state index contributed by atoms with van der Waals surface area (Å²) in [5, 5.41) is 4.71. The molecule has 2 rings (SSSR count). The predicted octanol–water partition coefficient (Wildman–Crippen LogP) is 1.15. The van der Waals surface area contributed by atoms with E-state index >= 15 is 0 Å². The predicted molar refractivity (Wildman–Crippen MR) is 74.1 cm³/mol. The minimum Gasteiger partial charge on any atom is -0.256 e. The highest BCUT2D eigenvalue weighted by Gasteiger charge is 2.36. The summed E-state index contributed by atoms with van der Waals surface area (Å²) in [5.74, 6) is 0. The van der Waals surface area contributed by atoms with E-state index in [1.54, 1.807) is 11.7 Å². The molecular formula is C11H19ClN4O2S. The summed E-state index contributed by atoms with van der Waals surface area (Å²) in [6.07, 6.45) is 0.819. The van der Waals surface area contributed by atoms with Gasteiger partial charge in [0.25, 0.3) is 10.2 Å². The molecule has 0 saturated carbocycles. The molecule has 0 aliphatic carbocycles. The molecule has 1 aliphatic rings. The number of rotatable bonds is 4. The Bertz CT molecular complexity index is 569. The van der Waals surface area contributed by atoms with E-state index < -0.39 is 10.2 Å². The average Bonchev–Trinajstić information content (AvgIpc) is 2.73. The minimum atomic E-state index is -3.34. The molecule has 1 aromatic heterocycles. The Kier molecular flexibility index (Phi) is 4.20. The molecule has 2 heterocycles. The van der Waals surface area contributed by atoms with Crippen LogP contribution in [0.2, 0.25) is 5.15 Å². The number of aromatic nitrogens is 2. The van der Waals surface area contributed by atoms with Crippen molar-refractivity contribution in [1.82, 2.24) is 18.4 Å². The van der Waals surface area contributed by atoms with Gasteiger partial charge in [0.05, 0.1) is 5.69 Å². The normalized spacial score (nSPS) is 20.2. The van der Waals surface area contributed by atoms with E-state index in [-0.39, 0.29) is 0 Å². The molecule has 0 N–H and O–H groups in total.